The van der Waals surface area contributed by atoms with Gasteiger partial charge in [0.05, 0.1) is 0 Å². The van der Waals surface area contributed by atoms with Gasteiger partial charge in [0.2, 0.25) is 14.1 Å². The molecule has 0 aliphatic rings. The Bertz CT molecular complexity index is 265. The van der Waals surface area contributed by atoms with Crippen molar-refractivity contribution in [3.8, 4) is 11.5 Å². The van der Waals surface area contributed by atoms with Crippen molar-refractivity contribution in [1.29, 1.82) is 0 Å². The monoisotopic (exact) mass is 181 g/mol. The number of benzene rings is 1. The molecule has 0 atom stereocenters. The van der Waals surface area contributed by atoms with Crippen LogP contribution in [-0.2, 0) is 5.11 Å². The van der Waals surface area contributed by atoms with Crippen molar-refractivity contribution < 1.29 is 9.53 Å². The molecule has 0 bridgehead atoms. The van der Waals surface area contributed by atoms with Gasteiger partial charge >= 0.3 is 0 Å². The summed E-state index contributed by atoms with van der Waals surface area (Å²) in [4.78, 5) is 0. The van der Waals surface area contributed by atoms with E-state index in [-0.39, 0.29) is 5.75 Å². The summed E-state index contributed by atoms with van der Waals surface area (Å²) in [6, 6.07) is 6.78. The van der Waals surface area contributed by atoms with E-state index in [1.165, 1.54) is 6.07 Å². The van der Waals surface area contributed by atoms with Crippen LogP contribution in [0.5, 0.6) is 11.5 Å². The summed E-state index contributed by atoms with van der Waals surface area (Å²) in [5.41, 5.74) is 0. The molecule has 0 aliphatic carbocycles. The summed E-state index contributed by atoms with van der Waals surface area (Å²) in [6.45, 7) is 6.17. The van der Waals surface area contributed by atoms with E-state index in [1.54, 1.807) is 12.1 Å². The van der Waals surface area contributed by atoms with Gasteiger partial charge in [0.25, 0.3) is 0 Å². The van der Waals surface area contributed by atoms with Crippen molar-refractivity contribution in [3.05, 3.63) is 24.3 Å². The maximum Gasteiger partial charge on any atom is 0.242 e. The smallest absolute Gasteiger partial charge is 0.242 e. The van der Waals surface area contributed by atoms with Crippen LogP contribution in [0.3, 0.4) is 0 Å². The van der Waals surface area contributed by atoms with Crippen LogP contribution < -0.4 is 4.43 Å². The number of rotatable bonds is 2. The predicted octanol–water partition coefficient (Wildman–Crippen LogP) is 3.04. The first-order valence-corrected chi connectivity index (χ1v) is 7.35. The first-order chi connectivity index (χ1) is 5.49. The van der Waals surface area contributed by atoms with E-state index in [4.69, 9.17) is 4.43 Å². The Balaban J connectivity index is 2.83. The fourth-order valence-electron chi connectivity index (χ4n) is 0.864. The number of hydrogen-bond acceptors (Lipinski definition) is 1. The Morgan fingerprint density at radius 2 is 1.75 bits per heavy atom. The highest BCUT2D eigenvalue weighted by Gasteiger charge is 2.18. The summed E-state index contributed by atoms with van der Waals surface area (Å²) in [5, 5.41) is 11.2. The molecule has 0 fully saturated rings. The number of para-hydroxylation sites is 2. The van der Waals surface area contributed by atoms with Crippen molar-refractivity contribution in [2.24, 2.45) is 0 Å². The molecule has 2 nitrogen and oxygen atoms in total. The lowest BCUT2D eigenvalue weighted by molar-refractivity contribution is 0.337. The third-order valence-corrected chi connectivity index (χ3v) is 2.10. The lowest BCUT2D eigenvalue weighted by Crippen LogP contribution is -2.29. The minimum Gasteiger partial charge on any atom is -0.542 e. The Hall–Kier alpha value is -0.963. The van der Waals surface area contributed by atoms with Gasteiger partial charge in [-0.1, -0.05) is 12.1 Å². The highest BCUT2D eigenvalue weighted by molar-refractivity contribution is 6.70. The quantitative estimate of drug-likeness (QED) is 0.645. The van der Waals surface area contributed by atoms with Gasteiger partial charge in [-0.15, -0.1) is 0 Å². The molecule has 0 saturated carbocycles. The zero-order valence-corrected chi connectivity index (χ0v) is 8.63. The van der Waals surface area contributed by atoms with E-state index < -0.39 is 8.32 Å². The molecule has 0 amide bonds. The van der Waals surface area contributed by atoms with E-state index in [9.17, 15) is 5.11 Å². The van der Waals surface area contributed by atoms with E-state index >= 15 is 0 Å². The highest BCUT2D eigenvalue weighted by Crippen LogP contribution is 2.27. The molecule has 1 radical (unpaired) electrons. The maximum atomic E-state index is 11.2. The van der Waals surface area contributed by atoms with Crippen LogP contribution in [-0.4, -0.2) is 8.32 Å². The van der Waals surface area contributed by atoms with Gasteiger partial charge in [-0.05, 0) is 31.8 Å². The molecule has 1 aromatic rings. The van der Waals surface area contributed by atoms with Crippen LogP contribution in [0.25, 0.3) is 0 Å². The lowest BCUT2D eigenvalue weighted by atomic mass is 10.3. The summed E-state index contributed by atoms with van der Waals surface area (Å²) < 4.78 is 5.56. The molecule has 12 heavy (non-hydrogen) atoms. The van der Waals surface area contributed by atoms with E-state index in [0.29, 0.717) is 5.75 Å². The Kier molecular flexibility index (Phi) is 2.42. The molecule has 0 aliphatic heterocycles. The zero-order valence-electron chi connectivity index (χ0n) is 7.63. The van der Waals surface area contributed by atoms with Gasteiger partial charge in [-0.3, -0.25) is 5.11 Å². The molecule has 0 unspecified atom stereocenters. The van der Waals surface area contributed by atoms with Gasteiger partial charge in [0, 0.05) is 0 Å². The van der Waals surface area contributed by atoms with Crippen LogP contribution in [0.1, 0.15) is 0 Å². The van der Waals surface area contributed by atoms with Gasteiger partial charge < -0.3 is 4.43 Å². The van der Waals surface area contributed by atoms with Gasteiger partial charge in [0.15, 0.2) is 5.75 Å². The van der Waals surface area contributed by atoms with Crippen molar-refractivity contribution in [2.45, 2.75) is 19.6 Å². The Morgan fingerprint density at radius 1 is 1.17 bits per heavy atom. The number of hydrogen-bond donors (Lipinski definition) is 0. The second-order valence-corrected chi connectivity index (χ2v) is 8.09. The van der Waals surface area contributed by atoms with Crippen molar-refractivity contribution in [3.63, 3.8) is 0 Å². The Morgan fingerprint density at radius 3 is 2.25 bits per heavy atom. The maximum absolute atomic E-state index is 11.2. The predicted molar refractivity (Wildman–Crippen MR) is 50.5 cm³/mol. The second kappa shape index (κ2) is 3.19. The standard InChI is InChI=1S/C9H13O2Si/c1-12(2,3)11-9-7-5-4-6-8(9)10/h4-7H,1-3H3. The lowest BCUT2D eigenvalue weighted by Gasteiger charge is -2.18. The average Bonchev–Trinajstić information content (AvgIpc) is 1.91. The molecule has 65 valence electrons. The average molecular weight is 181 g/mol. The fraction of sp³-hybridized carbons (Fsp3) is 0.333. The van der Waals surface area contributed by atoms with Crippen molar-refractivity contribution in [1.82, 2.24) is 0 Å². The fourth-order valence-corrected chi connectivity index (χ4v) is 1.69. The van der Waals surface area contributed by atoms with Crippen LogP contribution in [0, 0.1) is 0 Å². The molecule has 0 heterocycles. The molecule has 0 spiro atoms. The van der Waals surface area contributed by atoms with Crippen LogP contribution >= 0.6 is 0 Å². The third-order valence-electron chi connectivity index (χ3n) is 1.27. The summed E-state index contributed by atoms with van der Waals surface area (Å²) in [5.74, 6) is 0.455. The Labute approximate surface area is 73.9 Å². The highest BCUT2D eigenvalue weighted by atomic mass is 28.4. The van der Waals surface area contributed by atoms with Gasteiger partial charge in [0.1, 0.15) is 0 Å². The minimum atomic E-state index is -1.63. The minimum absolute atomic E-state index is 0.0278. The van der Waals surface area contributed by atoms with E-state index in [2.05, 4.69) is 19.6 Å². The van der Waals surface area contributed by atoms with Gasteiger partial charge in [-0.25, -0.2) is 0 Å². The largest absolute Gasteiger partial charge is 0.542 e. The summed E-state index contributed by atoms with van der Waals surface area (Å²) >= 11 is 0. The van der Waals surface area contributed by atoms with Crippen LogP contribution in [0.4, 0.5) is 0 Å². The third kappa shape index (κ3) is 2.58. The molecule has 1 aromatic carbocycles. The van der Waals surface area contributed by atoms with E-state index in [0.717, 1.165) is 0 Å². The summed E-state index contributed by atoms with van der Waals surface area (Å²) in [7, 11) is -1.63. The SMILES string of the molecule is C[Si](C)(C)Oc1ccccc1[O]. The summed E-state index contributed by atoms with van der Waals surface area (Å²) in [6.07, 6.45) is 0. The van der Waals surface area contributed by atoms with Crippen LogP contribution in [0.15, 0.2) is 24.3 Å². The molecular weight excluding hydrogens is 168 g/mol. The first-order valence-electron chi connectivity index (χ1n) is 3.94. The van der Waals surface area contributed by atoms with Gasteiger partial charge in [-0.2, -0.15) is 0 Å². The van der Waals surface area contributed by atoms with Crippen molar-refractivity contribution >= 4 is 8.32 Å². The van der Waals surface area contributed by atoms with Crippen LogP contribution in [0.2, 0.25) is 19.6 Å². The zero-order chi connectivity index (χ0) is 9.19. The molecule has 0 saturated heterocycles. The molecule has 0 aromatic heterocycles. The molecule has 0 N–H and O–H groups in total. The van der Waals surface area contributed by atoms with E-state index in [1.807, 2.05) is 6.07 Å². The first kappa shape index (κ1) is 9.13. The topological polar surface area (TPSA) is 29.1 Å². The molecule has 3 heteroatoms. The molecule has 1 rings (SSSR count). The second-order valence-electron chi connectivity index (χ2n) is 3.66. The normalized spacial score (nSPS) is 11.2. The van der Waals surface area contributed by atoms with Crippen molar-refractivity contribution in [2.75, 3.05) is 0 Å². The molecular formula is C9H13O2Si.